The van der Waals surface area contributed by atoms with E-state index < -0.39 is 11.9 Å². The summed E-state index contributed by atoms with van der Waals surface area (Å²) >= 11 is 0. The highest BCUT2D eigenvalue weighted by atomic mass is 16.4. The summed E-state index contributed by atoms with van der Waals surface area (Å²) in [5.41, 5.74) is 0.000554. The molecule has 0 unspecified atom stereocenters. The van der Waals surface area contributed by atoms with Crippen molar-refractivity contribution in [2.24, 2.45) is 0 Å². The van der Waals surface area contributed by atoms with Gasteiger partial charge in [-0.2, -0.15) is 0 Å². The number of aromatic carboxylic acids is 1. The zero-order valence-corrected chi connectivity index (χ0v) is 12.2. The maximum Gasteiger partial charge on any atom is 0.339 e. The molecule has 3 N–H and O–H groups in total. The van der Waals surface area contributed by atoms with Crippen molar-refractivity contribution in [1.82, 2.24) is 0 Å². The highest BCUT2D eigenvalue weighted by Crippen LogP contribution is 2.20. The van der Waals surface area contributed by atoms with Crippen molar-refractivity contribution in [3.05, 3.63) is 29.3 Å². The van der Waals surface area contributed by atoms with Gasteiger partial charge < -0.3 is 15.3 Å². The fourth-order valence-electron chi connectivity index (χ4n) is 2.12. The number of benzene rings is 1. The predicted molar refractivity (Wildman–Crippen MR) is 79.4 cm³/mol. The van der Waals surface area contributed by atoms with Gasteiger partial charge in [-0.05, 0) is 31.0 Å². The second kappa shape index (κ2) is 8.81. The molecule has 1 rings (SSSR count). The number of carboxylic acids is 2. The molecular weight excluding hydrogens is 288 g/mol. The summed E-state index contributed by atoms with van der Waals surface area (Å²) in [4.78, 5) is 33.2. The largest absolute Gasteiger partial charge is 0.507 e. The molecule has 6 nitrogen and oxygen atoms in total. The Morgan fingerprint density at radius 3 is 2.05 bits per heavy atom. The van der Waals surface area contributed by atoms with Crippen LogP contribution in [-0.4, -0.2) is 33.0 Å². The summed E-state index contributed by atoms with van der Waals surface area (Å²) in [7, 11) is 0. The first kappa shape index (κ1) is 17.7. The lowest BCUT2D eigenvalue weighted by atomic mass is 10.0. The van der Waals surface area contributed by atoms with Crippen molar-refractivity contribution in [3.63, 3.8) is 0 Å². The average Bonchev–Trinajstić information content (AvgIpc) is 2.45. The fraction of sp³-hybridized carbons (Fsp3) is 0.438. The molecule has 0 radical (unpaired) electrons. The van der Waals surface area contributed by atoms with E-state index in [2.05, 4.69) is 0 Å². The topological polar surface area (TPSA) is 112 Å². The number of carbonyl (C=O) groups excluding carboxylic acids is 1. The van der Waals surface area contributed by atoms with Gasteiger partial charge in [-0.1, -0.05) is 19.3 Å². The minimum atomic E-state index is -1.27. The summed E-state index contributed by atoms with van der Waals surface area (Å²) in [5, 5.41) is 26.8. The SMILES string of the molecule is O=C(O)CCCCCCCC(=O)c1ccc(O)c(C(=O)O)c1. The molecule has 0 saturated carbocycles. The average molecular weight is 308 g/mol. The van der Waals surface area contributed by atoms with Gasteiger partial charge in [-0.25, -0.2) is 4.79 Å². The van der Waals surface area contributed by atoms with E-state index in [-0.39, 0.29) is 29.1 Å². The highest BCUT2D eigenvalue weighted by molar-refractivity contribution is 5.99. The Bertz CT molecular complexity index is 550. The van der Waals surface area contributed by atoms with Crippen LogP contribution in [-0.2, 0) is 4.79 Å². The van der Waals surface area contributed by atoms with E-state index in [1.54, 1.807) is 0 Å². The van der Waals surface area contributed by atoms with Gasteiger partial charge in [0.1, 0.15) is 11.3 Å². The van der Waals surface area contributed by atoms with Crippen LogP contribution >= 0.6 is 0 Å². The number of hydrogen-bond acceptors (Lipinski definition) is 4. The van der Waals surface area contributed by atoms with Gasteiger partial charge in [0.05, 0.1) is 0 Å². The minimum Gasteiger partial charge on any atom is -0.507 e. The normalized spacial score (nSPS) is 10.4. The zero-order chi connectivity index (χ0) is 16.5. The van der Waals surface area contributed by atoms with Crippen molar-refractivity contribution in [3.8, 4) is 5.75 Å². The summed E-state index contributed by atoms with van der Waals surface area (Å²) in [6, 6.07) is 3.81. The summed E-state index contributed by atoms with van der Waals surface area (Å²) in [6.45, 7) is 0. The Kier molecular flexibility index (Phi) is 7.08. The smallest absolute Gasteiger partial charge is 0.339 e. The van der Waals surface area contributed by atoms with Crippen LogP contribution in [0.2, 0.25) is 0 Å². The van der Waals surface area contributed by atoms with Crippen molar-refractivity contribution in [2.75, 3.05) is 0 Å². The predicted octanol–water partition coefficient (Wildman–Crippen LogP) is 3.09. The van der Waals surface area contributed by atoms with Crippen LogP contribution in [0.5, 0.6) is 5.75 Å². The molecule has 0 aromatic heterocycles. The molecule has 22 heavy (non-hydrogen) atoms. The number of rotatable bonds is 10. The molecule has 0 atom stereocenters. The van der Waals surface area contributed by atoms with Gasteiger partial charge in [-0.3, -0.25) is 9.59 Å². The number of phenols is 1. The number of hydrogen-bond donors (Lipinski definition) is 3. The number of ketones is 1. The molecular formula is C16H20O6. The Morgan fingerprint density at radius 1 is 0.864 bits per heavy atom. The van der Waals surface area contributed by atoms with Gasteiger partial charge in [0.15, 0.2) is 5.78 Å². The highest BCUT2D eigenvalue weighted by Gasteiger charge is 2.13. The van der Waals surface area contributed by atoms with Crippen molar-refractivity contribution >= 4 is 17.7 Å². The third-order valence-corrected chi connectivity index (χ3v) is 3.34. The van der Waals surface area contributed by atoms with Crippen LogP contribution in [0, 0.1) is 0 Å². The molecule has 0 amide bonds. The van der Waals surface area contributed by atoms with Crippen LogP contribution in [0.4, 0.5) is 0 Å². The number of unbranched alkanes of at least 4 members (excludes halogenated alkanes) is 4. The van der Waals surface area contributed by atoms with Gasteiger partial charge in [0.2, 0.25) is 0 Å². The second-order valence-electron chi connectivity index (χ2n) is 5.12. The van der Waals surface area contributed by atoms with Gasteiger partial charge in [-0.15, -0.1) is 0 Å². The van der Waals surface area contributed by atoms with Crippen molar-refractivity contribution in [1.29, 1.82) is 0 Å². The molecule has 0 aliphatic heterocycles. The number of carbonyl (C=O) groups is 3. The van der Waals surface area contributed by atoms with Gasteiger partial charge in [0.25, 0.3) is 0 Å². The Morgan fingerprint density at radius 2 is 1.45 bits per heavy atom. The summed E-state index contributed by atoms with van der Waals surface area (Å²) in [6.07, 6.45) is 4.32. The molecule has 0 saturated heterocycles. The third-order valence-electron chi connectivity index (χ3n) is 3.34. The second-order valence-corrected chi connectivity index (χ2v) is 5.12. The fourth-order valence-corrected chi connectivity index (χ4v) is 2.12. The molecule has 0 fully saturated rings. The Balaban J connectivity index is 2.35. The molecule has 0 aliphatic rings. The standard InChI is InChI=1S/C16H20O6/c17-13(6-4-2-1-3-5-7-15(19)20)11-8-9-14(18)12(10-11)16(21)22/h8-10,18H,1-7H2,(H,19,20)(H,21,22). The molecule has 0 heterocycles. The first-order valence-corrected chi connectivity index (χ1v) is 7.23. The van der Waals surface area contributed by atoms with Crippen LogP contribution in [0.25, 0.3) is 0 Å². The Labute approximate surface area is 128 Å². The molecule has 1 aromatic carbocycles. The number of aromatic hydroxyl groups is 1. The summed E-state index contributed by atoms with van der Waals surface area (Å²) in [5.74, 6) is -2.59. The summed E-state index contributed by atoms with van der Waals surface area (Å²) < 4.78 is 0. The first-order valence-electron chi connectivity index (χ1n) is 7.23. The van der Waals surface area contributed by atoms with Crippen LogP contribution in [0.3, 0.4) is 0 Å². The van der Waals surface area contributed by atoms with E-state index in [1.807, 2.05) is 0 Å². The molecule has 6 heteroatoms. The first-order chi connectivity index (χ1) is 10.4. The van der Waals surface area contributed by atoms with E-state index >= 15 is 0 Å². The van der Waals surface area contributed by atoms with E-state index in [0.29, 0.717) is 19.3 Å². The van der Waals surface area contributed by atoms with Gasteiger partial charge in [0, 0.05) is 18.4 Å². The number of carboxylic acid groups (broad SMARTS) is 2. The van der Waals surface area contributed by atoms with Crippen LogP contribution in [0.1, 0.15) is 65.7 Å². The van der Waals surface area contributed by atoms with E-state index in [4.69, 9.17) is 10.2 Å². The lowest BCUT2D eigenvalue weighted by Gasteiger charge is -2.04. The third kappa shape index (κ3) is 5.95. The lowest BCUT2D eigenvalue weighted by molar-refractivity contribution is -0.137. The van der Waals surface area contributed by atoms with Crippen LogP contribution < -0.4 is 0 Å². The maximum atomic E-state index is 12.0. The van der Waals surface area contributed by atoms with Crippen molar-refractivity contribution < 1.29 is 29.7 Å². The number of aliphatic carboxylic acids is 1. The number of Topliss-reactive ketones (excluding diaryl/α,β-unsaturated/α-hetero) is 1. The molecule has 1 aromatic rings. The minimum absolute atomic E-state index is 0.159. The Hall–Kier alpha value is -2.37. The van der Waals surface area contributed by atoms with E-state index in [1.165, 1.54) is 18.2 Å². The molecule has 120 valence electrons. The quantitative estimate of drug-likeness (QED) is 0.452. The maximum absolute atomic E-state index is 12.0. The van der Waals surface area contributed by atoms with Crippen molar-refractivity contribution in [2.45, 2.75) is 44.9 Å². The van der Waals surface area contributed by atoms with E-state index in [9.17, 15) is 19.5 Å². The zero-order valence-electron chi connectivity index (χ0n) is 12.2. The van der Waals surface area contributed by atoms with E-state index in [0.717, 1.165) is 19.3 Å². The van der Waals surface area contributed by atoms with Gasteiger partial charge >= 0.3 is 11.9 Å². The van der Waals surface area contributed by atoms with Crippen LogP contribution in [0.15, 0.2) is 18.2 Å². The molecule has 0 spiro atoms. The monoisotopic (exact) mass is 308 g/mol. The molecule has 0 aliphatic carbocycles. The lowest BCUT2D eigenvalue weighted by Crippen LogP contribution is -2.03. The molecule has 0 bridgehead atoms.